The molecule has 0 unspecified atom stereocenters. The SMILES string of the molecule is CN(C)C[C@H]1CCCCC12OCCO2. The van der Waals surface area contributed by atoms with E-state index in [1.807, 2.05) is 0 Å². The van der Waals surface area contributed by atoms with Crippen molar-refractivity contribution in [2.24, 2.45) is 5.92 Å². The summed E-state index contributed by atoms with van der Waals surface area (Å²) in [4.78, 5) is 2.24. The molecule has 3 heteroatoms. The molecule has 1 saturated heterocycles. The van der Waals surface area contributed by atoms with E-state index in [9.17, 15) is 0 Å². The Morgan fingerprint density at radius 3 is 2.57 bits per heavy atom. The van der Waals surface area contributed by atoms with Gasteiger partial charge in [-0.3, -0.25) is 0 Å². The van der Waals surface area contributed by atoms with Crippen LogP contribution in [0.4, 0.5) is 0 Å². The molecule has 1 atom stereocenters. The van der Waals surface area contributed by atoms with Crippen molar-refractivity contribution in [3.05, 3.63) is 0 Å². The molecule has 2 fully saturated rings. The molecule has 1 aliphatic heterocycles. The van der Waals surface area contributed by atoms with Crippen LogP contribution in [0, 0.1) is 5.92 Å². The van der Waals surface area contributed by atoms with Crippen LogP contribution in [-0.4, -0.2) is 44.5 Å². The predicted molar refractivity (Wildman–Crippen MR) is 55.1 cm³/mol. The second kappa shape index (κ2) is 4.17. The molecule has 1 saturated carbocycles. The van der Waals surface area contributed by atoms with Gasteiger partial charge in [0.15, 0.2) is 5.79 Å². The molecule has 0 aromatic rings. The standard InChI is InChI=1S/C11H21NO2/c1-12(2)9-10-5-3-4-6-11(10)13-7-8-14-11/h10H,3-9H2,1-2H3/t10-/m1/s1. The summed E-state index contributed by atoms with van der Waals surface area (Å²) < 4.78 is 11.7. The fourth-order valence-corrected chi connectivity index (χ4v) is 2.71. The molecule has 0 N–H and O–H groups in total. The normalized spacial score (nSPS) is 31.5. The molecule has 3 nitrogen and oxygen atoms in total. The van der Waals surface area contributed by atoms with Gasteiger partial charge in [-0.1, -0.05) is 6.42 Å². The van der Waals surface area contributed by atoms with Gasteiger partial charge in [-0.25, -0.2) is 0 Å². The Morgan fingerprint density at radius 1 is 1.21 bits per heavy atom. The number of hydrogen-bond donors (Lipinski definition) is 0. The van der Waals surface area contributed by atoms with E-state index < -0.39 is 0 Å². The number of hydrogen-bond acceptors (Lipinski definition) is 3. The monoisotopic (exact) mass is 199 g/mol. The summed E-state index contributed by atoms with van der Waals surface area (Å²) in [5.41, 5.74) is 0. The quantitative estimate of drug-likeness (QED) is 0.672. The van der Waals surface area contributed by atoms with Crippen molar-refractivity contribution in [2.45, 2.75) is 31.5 Å². The maximum atomic E-state index is 5.85. The summed E-state index contributed by atoms with van der Waals surface area (Å²) in [5, 5.41) is 0. The highest BCUT2D eigenvalue weighted by Gasteiger charge is 2.45. The second-order valence-corrected chi connectivity index (χ2v) is 4.71. The van der Waals surface area contributed by atoms with Gasteiger partial charge in [-0.2, -0.15) is 0 Å². The first kappa shape index (κ1) is 10.4. The van der Waals surface area contributed by atoms with Gasteiger partial charge in [0, 0.05) is 18.9 Å². The van der Waals surface area contributed by atoms with Gasteiger partial charge in [-0.05, 0) is 26.9 Å². The molecular formula is C11H21NO2. The smallest absolute Gasteiger partial charge is 0.172 e. The Morgan fingerprint density at radius 2 is 1.93 bits per heavy atom. The maximum absolute atomic E-state index is 5.85. The molecule has 0 aromatic heterocycles. The van der Waals surface area contributed by atoms with Crippen LogP contribution in [0.5, 0.6) is 0 Å². The first-order chi connectivity index (χ1) is 6.73. The number of rotatable bonds is 2. The zero-order valence-electron chi connectivity index (χ0n) is 9.29. The molecule has 1 heterocycles. The molecule has 0 radical (unpaired) electrons. The topological polar surface area (TPSA) is 21.7 Å². The molecule has 2 rings (SSSR count). The van der Waals surface area contributed by atoms with Crippen molar-refractivity contribution < 1.29 is 9.47 Å². The van der Waals surface area contributed by atoms with Crippen molar-refractivity contribution >= 4 is 0 Å². The summed E-state index contributed by atoms with van der Waals surface area (Å²) in [5.74, 6) is 0.344. The Labute approximate surface area is 86.4 Å². The molecule has 1 spiro atoms. The van der Waals surface area contributed by atoms with Crippen LogP contribution < -0.4 is 0 Å². The van der Waals surface area contributed by atoms with Crippen LogP contribution in [0.15, 0.2) is 0 Å². The van der Waals surface area contributed by atoms with Gasteiger partial charge in [0.25, 0.3) is 0 Å². The minimum atomic E-state index is -0.220. The van der Waals surface area contributed by atoms with E-state index >= 15 is 0 Å². The third-order valence-corrected chi connectivity index (χ3v) is 3.31. The average Bonchev–Trinajstić information content (AvgIpc) is 2.58. The molecule has 82 valence electrons. The fourth-order valence-electron chi connectivity index (χ4n) is 2.71. The Balaban J connectivity index is 2.02. The molecule has 0 bridgehead atoms. The lowest BCUT2D eigenvalue weighted by Gasteiger charge is -2.40. The molecule has 2 aliphatic rings. The van der Waals surface area contributed by atoms with E-state index in [0.29, 0.717) is 5.92 Å². The van der Waals surface area contributed by atoms with Crippen molar-refractivity contribution in [3.8, 4) is 0 Å². The molecule has 0 amide bonds. The van der Waals surface area contributed by atoms with Crippen LogP contribution in [-0.2, 0) is 9.47 Å². The van der Waals surface area contributed by atoms with E-state index in [0.717, 1.165) is 26.2 Å². The minimum Gasteiger partial charge on any atom is -0.347 e. The summed E-state index contributed by atoms with van der Waals surface area (Å²) in [6.07, 6.45) is 4.92. The third-order valence-electron chi connectivity index (χ3n) is 3.31. The van der Waals surface area contributed by atoms with E-state index in [4.69, 9.17) is 9.47 Å². The van der Waals surface area contributed by atoms with Gasteiger partial charge >= 0.3 is 0 Å². The largest absolute Gasteiger partial charge is 0.347 e. The molecular weight excluding hydrogens is 178 g/mol. The molecule has 14 heavy (non-hydrogen) atoms. The Kier molecular flexibility index (Phi) is 3.10. The summed E-state index contributed by atoms with van der Waals surface area (Å²) in [7, 11) is 4.24. The van der Waals surface area contributed by atoms with Crippen LogP contribution >= 0.6 is 0 Å². The third kappa shape index (κ3) is 1.95. The lowest BCUT2D eigenvalue weighted by atomic mass is 9.83. The van der Waals surface area contributed by atoms with Gasteiger partial charge in [0.1, 0.15) is 0 Å². The lowest BCUT2D eigenvalue weighted by Crippen LogP contribution is -2.46. The summed E-state index contributed by atoms with van der Waals surface area (Å²) >= 11 is 0. The summed E-state index contributed by atoms with van der Waals surface area (Å²) in [6.45, 7) is 2.65. The zero-order chi connectivity index (χ0) is 10.0. The van der Waals surface area contributed by atoms with Crippen LogP contribution in [0.1, 0.15) is 25.7 Å². The Hall–Kier alpha value is -0.120. The minimum absolute atomic E-state index is 0.220. The van der Waals surface area contributed by atoms with Gasteiger partial charge in [0.2, 0.25) is 0 Å². The molecule has 0 aromatic carbocycles. The van der Waals surface area contributed by atoms with Crippen LogP contribution in [0.25, 0.3) is 0 Å². The summed E-state index contributed by atoms with van der Waals surface area (Å²) in [6, 6.07) is 0. The highest BCUT2D eigenvalue weighted by atomic mass is 16.7. The number of ether oxygens (including phenoxy) is 2. The second-order valence-electron chi connectivity index (χ2n) is 4.71. The van der Waals surface area contributed by atoms with Crippen LogP contribution in [0.2, 0.25) is 0 Å². The van der Waals surface area contributed by atoms with Gasteiger partial charge in [-0.15, -0.1) is 0 Å². The maximum Gasteiger partial charge on any atom is 0.172 e. The van der Waals surface area contributed by atoms with Gasteiger partial charge in [0.05, 0.1) is 13.2 Å². The van der Waals surface area contributed by atoms with Crippen molar-refractivity contribution in [2.75, 3.05) is 33.9 Å². The fraction of sp³-hybridized carbons (Fsp3) is 1.00. The Bertz CT molecular complexity index is 188. The first-order valence-corrected chi connectivity index (χ1v) is 5.65. The highest BCUT2D eigenvalue weighted by Crippen LogP contribution is 2.40. The average molecular weight is 199 g/mol. The highest BCUT2D eigenvalue weighted by molar-refractivity contribution is 4.87. The molecule has 1 aliphatic carbocycles. The first-order valence-electron chi connectivity index (χ1n) is 5.65. The van der Waals surface area contributed by atoms with E-state index in [1.165, 1.54) is 19.3 Å². The van der Waals surface area contributed by atoms with E-state index in [1.54, 1.807) is 0 Å². The number of nitrogens with zero attached hydrogens (tertiary/aromatic N) is 1. The van der Waals surface area contributed by atoms with Gasteiger partial charge < -0.3 is 14.4 Å². The van der Waals surface area contributed by atoms with Crippen LogP contribution in [0.3, 0.4) is 0 Å². The van der Waals surface area contributed by atoms with E-state index in [-0.39, 0.29) is 5.79 Å². The predicted octanol–water partition coefficient (Wildman–Crippen LogP) is 1.48. The zero-order valence-corrected chi connectivity index (χ0v) is 9.29. The van der Waals surface area contributed by atoms with E-state index in [2.05, 4.69) is 19.0 Å². The van der Waals surface area contributed by atoms with Crippen molar-refractivity contribution in [1.82, 2.24) is 4.90 Å². The van der Waals surface area contributed by atoms with Crippen molar-refractivity contribution in [1.29, 1.82) is 0 Å². The lowest BCUT2D eigenvalue weighted by molar-refractivity contribution is -0.214. The van der Waals surface area contributed by atoms with Crippen molar-refractivity contribution in [3.63, 3.8) is 0 Å².